The van der Waals surface area contributed by atoms with Crippen molar-refractivity contribution >= 4 is 15.9 Å². The molecule has 0 aromatic carbocycles. The molecule has 0 saturated carbocycles. The molecule has 0 aliphatic carbocycles. The molecule has 2 fully saturated rings. The van der Waals surface area contributed by atoms with Crippen LogP contribution in [0.3, 0.4) is 0 Å². The molecule has 1 aromatic heterocycles. The predicted molar refractivity (Wildman–Crippen MR) is 93.7 cm³/mol. The zero-order valence-electron chi connectivity index (χ0n) is 14.9. The van der Waals surface area contributed by atoms with Gasteiger partial charge in [0.25, 0.3) is 5.91 Å². The van der Waals surface area contributed by atoms with Gasteiger partial charge >= 0.3 is 0 Å². The average molecular weight is 367 g/mol. The van der Waals surface area contributed by atoms with Gasteiger partial charge in [-0.25, -0.2) is 12.7 Å². The Kier molecular flexibility index (Phi) is 4.87. The van der Waals surface area contributed by atoms with E-state index in [4.69, 9.17) is 4.74 Å². The third kappa shape index (κ3) is 3.56. The lowest BCUT2D eigenvalue weighted by Crippen LogP contribution is -2.50. The van der Waals surface area contributed by atoms with Gasteiger partial charge in [0, 0.05) is 51.1 Å². The normalized spacial score (nSPS) is 27.3. The van der Waals surface area contributed by atoms with E-state index in [2.05, 4.69) is 4.98 Å². The van der Waals surface area contributed by atoms with Crippen LogP contribution in [-0.4, -0.2) is 74.7 Å². The number of pyridine rings is 1. The molecule has 25 heavy (non-hydrogen) atoms. The number of aromatic nitrogens is 1. The maximum Gasteiger partial charge on any atom is 0.255 e. The molecule has 1 amide bonds. The largest absolute Gasteiger partial charge is 0.384 e. The van der Waals surface area contributed by atoms with E-state index < -0.39 is 10.0 Å². The van der Waals surface area contributed by atoms with Crippen LogP contribution in [0.1, 0.15) is 22.3 Å². The third-order valence-corrected chi connectivity index (χ3v) is 6.63. The SMILES string of the molecule is COCC12CCN(C(=O)c3cncc(C)c3)CC1CN(S(C)(=O)=O)C2. The number of amides is 1. The summed E-state index contributed by atoms with van der Waals surface area (Å²) in [7, 11) is -1.60. The van der Waals surface area contributed by atoms with E-state index in [1.54, 1.807) is 19.5 Å². The molecule has 0 bridgehead atoms. The summed E-state index contributed by atoms with van der Waals surface area (Å²) in [6.45, 7) is 4.48. The standard InChI is InChI=1S/C17H25N3O4S/c1-13-6-14(8-18-7-13)16(21)19-5-4-17(12-24-2)11-20(25(3,22)23)10-15(17)9-19/h6-8,15H,4-5,9-12H2,1-3H3. The van der Waals surface area contributed by atoms with E-state index in [-0.39, 0.29) is 17.2 Å². The van der Waals surface area contributed by atoms with Crippen LogP contribution in [0.4, 0.5) is 0 Å². The predicted octanol–water partition coefficient (Wildman–Crippen LogP) is 0.760. The second-order valence-electron chi connectivity index (χ2n) is 7.30. The van der Waals surface area contributed by atoms with Gasteiger partial charge in [0.1, 0.15) is 0 Å². The van der Waals surface area contributed by atoms with Crippen LogP contribution in [0.25, 0.3) is 0 Å². The monoisotopic (exact) mass is 367 g/mol. The van der Waals surface area contributed by atoms with Gasteiger partial charge in [0.2, 0.25) is 10.0 Å². The van der Waals surface area contributed by atoms with Crippen LogP contribution in [0.5, 0.6) is 0 Å². The number of rotatable bonds is 4. The van der Waals surface area contributed by atoms with E-state index >= 15 is 0 Å². The van der Waals surface area contributed by atoms with Crippen molar-refractivity contribution in [2.45, 2.75) is 13.3 Å². The number of likely N-dealkylation sites (tertiary alicyclic amines) is 1. The maximum absolute atomic E-state index is 12.8. The van der Waals surface area contributed by atoms with E-state index in [9.17, 15) is 13.2 Å². The molecule has 3 rings (SSSR count). The van der Waals surface area contributed by atoms with Gasteiger partial charge in [-0.3, -0.25) is 9.78 Å². The van der Waals surface area contributed by atoms with Crippen molar-refractivity contribution in [2.75, 3.05) is 46.2 Å². The van der Waals surface area contributed by atoms with Crippen LogP contribution < -0.4 is 0 Å². The van der Waals surface area contributed by atoms with Gasteiger partial charge < -0.3 is 9.64 Å². The Labute approximate surface area is 149 Å². The fourth-order valence-corrected chi connectivity index (χ4v) is 4.99. The number of nitrogens with zero attached hydrogens (tertiary/aromatic N) is 3. The molecule has 1 aromatic rings. The Morgan fingerprint density at radius 3 is 2.80 bits per heavy atom. The summed E-state index contributed by atoms with van der Waals surface area (Å²) in [5, 5.41) is 0. The number of carbonyl (C=O) groups is 1. The first-order valence-electron chi connectivity index (χ1n) is 8.40. The van der Waals surface area contributed by atoms with Gasteiger partial charge in [-0.2, -0.15) is 0 Å². The minimum Gasteiger partial charge on any atom is -0.384 e. The van der Waals surface area contributed by atoms with E-state index in [0.717, 1.165) is 12.0 Å². The van der Waals surface area contributed by atoms with Crippen LogP contribution in [0, 0.1) is 18.3 Å². The summed E-state index contributed by atoms with van der Waals surface area (Å²) >= 11 is 0. The number of methoxy groups -OCH3 is 1. The molecular weight excluding hydrogens is 342 g/mol. The Morgan fingerprint density at radius 1 is 1.40 bits per heavy atom. The summed E-state index contributed by atoms with van der Waals surface area (Å²) < 4.78 is 30.9. The van der Waals surface area contributed by atoms with Crippen molar-refractivity contribution in [3.05, 3.63) is 29.6 Å². The van der Waals surface area contributed by atoms with Crippen LogP contribution in [-0.2, 0) is 14.8 Å². The number of sulfonamides is 1. The smallest absolute Gasteiger partial charge is 0.255 e. The number of hydrogen-bond acceptors (Lipinski definition) is 5. The van der Waals surface area contributed by atoms with Crippen molar-refractivity contribution < 1.29 is 17.9 Å². The first kappa shape index (κ1) is 18.3. The van der Waals surface area contributed by atoms with Crippen molar-refractivity contribution in [2.24, 2.45) is 11.3 Å². The number of aryl methyl sites for hydroxylation is 1. The number of carbonyl (C=O) groups excluding carboxylic acids is 1. The number of ether oxygens (including phenoxy) is 1. The number of fused-ring (bicyclic) bond motifs is 1. The molecule has 7 nitrogen and oxygen atoms in total. The molecular formula is C17H25N3O4S. The van der Waals surface area contributed by atoms with Crippen molar-refractivity contribution in [1.82, 2.24) is 14.2 Å². The maximum atomic E-state index is 12.8. The minimum absolute atomic E-state index is 0.0416. The third-order valence-electron chi connectivity index (χ3n) is 5.41. The van der Waals surface area contributed by atoms with Crippen molar-refractivity contribution in [1.29, 1.82) is 0 Å². The zero-order valence-corrected chi connectivity index (χ0v) is 15.8. The second-order valence-corrected chi connectivity index (χ2v) is 9.28. The molecule has 138 valence electrons. The molecule has 0 spiro atoms. The first-order chi connectivity index (χ1) is 11.7. The lowest BCUT2D eigenvalue weighted by molar-refractivity contribution is 0.00340. The van der Waals surface area contributed by atoms with Crippen molar-refractivity contribution in [3.8, 4) is 0 Å². The van der Waals surface area contributed by atoms with E-state index in [1.165, 1.54) is 10.6 Å². The van der Waals surface area contributed by atoms with Gasteiger partial charge in [-0.1, -0.05) is 0 Å². The summed E-state index contributed by atoms with van der Waals surface area (Å²) in [6.07, 6.45) is 5.29. The first-order valence-corrected chi connectivity index (χ1v) is 10.2. The molecule has 3 heterocycles. The van der Waals surface area contributed by atoms with Gasteiger partial charge in [-0.05, 0) is 30.9 Å². The average Bonchev–Trinajstić information content (AvgIpc) is 2.93. The molecule has 0 N–H and O–H groups in total. The van der Waals surface area contributed by atoms with Gasteiger partial charge in [0.05, 0.1) is 18.4 Å². The molecule has 2 unspecified atom stereocenters. The Balaban J connectivity index is 1.80. The highest BCUT2D eigenvalue weighted by molar-refractivity contribution is 7.88. The van der Waals surface area contributed by atoms with Crippen molar-refractivity contribution in [3.63, 3.8) is 0 Å². The Morgan fingerprint density at radius 2 is 2.16 bits per heavy atom. The summed E-state index contributed by atoms with van der Waals surface area (Å²) in [5.41, 5.74) is 1.32. The lowest BCUT2D eigenvalue weighted by Gasteiger charge is -2.43. The second kappa shape index (κ2) is 6.66. The molecule has 2 aliphatic rings. The van der Waals surface area contributed by atoms with Crippen LogP contribution in [0.2, 0.25) is 0 Å². The highest BCUT2D eigenvalue weighted by Gasteiger charge is 2.52. The van der Waals surface area contributed by atoms with Crippen LogP contribution in [0.15, 0.2) is 18.5 Å². The molecule has 8 heteroatoms. The van der Waals surface area contributed by atoms with Gasteiger partial charge in [-0.15, -0.1) is 0 Å². The topological polar surface area (TPSA) is 79.8 Å². The highest BCUT2D eigenvalue weighted by Crippen LogP contribution is 2.44. The van der Waals surface area contributed by atoms with E-state index in [1.807, 2.05) is 17.9 Å². The zero-order chi connectivity index (χ0) is 18.2. The van der Waals surface area contributed by atoms with Gasteiger partial charge in [0.15, 0.2) is 0 Å². The summed E-state index contributed by atoms with van der Waals surface area (Å²) in [5.74, 6) is 0.0395. The fourth-order valence-electron chi connectivity index (χ4n) is 4.05. The number of hydrogen-bond donors (Lipinski definition) is 0. The summed E-state index contributed by atoms with van der Waals surface area (Å²) in [6, 6.07) is 1.84. The fraction of sp³-hybridized carbons (Fsp3) is 0.647. The molecule has 2 saturated heterocycles. The van der Waals surface area contributed by atoms with E-state index in [0.29, 0.717) is 38.3 Å². The van der Waals surface area contributed by atoms with Crippen LogP contribution >= 0.6 is 0 Å². The molecule has 2 atom stereocenters. The minimum atomic E-state index is -3.25. The summed E-state index contributed by atoms with van der Waals surface area (Å²) in [4.78, 5) is 18.7. The lowest BCUT2D eigenvalue weighted by atomic mass is 9.73. The molecule has 2 aliphatic heterocycles. The quantitative estimate of drug-likeness (QED) is 0.785. The Hall–Kier alpha value is -1.51. The Bertz CT molecular complexity index is 767. The molecule has 0 radical (unpaired) electrons. The number of piperidine rings is 1. The highest BCUT2D eigenvalue weighted by atomic mass is 32.2.